The molecule has 0 radical (unpaired) electrons. The summed E-state index contributed by atoms with van der Waals surface area (Å²) in [6.07, 6.45) is 3.24. The van der Waals surface area contributed by atoms with Crippen molar-refractivity contribution < 1.29 is 9.53 Å². The first-order valence-electron chi connectivity index (χ1n) is 6.29. The summed E-state index contributed by atoms with van der Waals surface area (Å²) in [5.74, 6) is -0.319. The van der Waals surface area contributed by atoms with Gasteiger partial charge in [-0.15, -0.1) is 0 Å². The molecule has 0 saturated heterocycles. The first-order chi connectivity index (χ1) is 10.1. The van der Waals surface area contributed by atoms with Gasteiger partial charge in [-0.2, -0.15) is 5.10 Å². The number of methoxy groups -OCH3 is 1. The molecule has 7 heteroatoms. The van der Waals surface area contributed by atoms with E-state index >= 15 is 0 Å². The topological polar surface area (TPSA) is 47.4 Å². The van der Waals surface area contributed by atoms with Gasteiger partial charge in [0.1, 0.15) is 0 Å². The quantitative estimate of drug-likeness (QED) is 0.765. The third-order valence-corrected chi connectivity index (χ3v) is 3.44. The molecule has 0 fully saturated rings. The normalized spacial score (nSPS) is 10.9. The van der Waals surface area contributed by atoms with Crippen LogP contribution in [0.25, 0.3) is 0 Å². The van der Waals surface area contributed by atoms with Crippen molar-refractivity contribution in [2.75, 3.05) is 13.7 Å². The largest absolute Gasteiger partial charge is 0.468 e. The van der Waals surface area contributed by atoms with Gasteiger partial charge in [0, 0.05) is 17.8 Å². The van der Waals surface area contributed by atoms with E-state index in [4.69, 9.17) is 27.9 Å². The van der Waals surface area contributed by atoms with E-state index in [-0.39, 0.29) is 12.5 Å². The maximum absolute atomic E-state index is 11.5. The maximum atomic E-state index is 11.5. The van der Waals surface area contributed by atoms with Crippen LogP contribution in [0.1, 0.15) is 5.56 Å². The van der Waals surface area contributed by atoms with Gasteiger partial charge in [-0.05, 0) is 11.6 Å². The second kappa shape index (κ2) is 7.45. The summed E-state index contributed by atoms with van der Waals surface area (Å²) in [6.45, 7) is 1.05. The van der Waals surface area contributed by atoms with E-state index in [0.717, 1.165) is 5.56 Å². The van der Waals surface area contributed by atoms with E-state index in [1.165, 1.54) is 7.11 Å². The summed E-state index contributed by atoms with van der Waals surface area (Å²) < 4.78 is 6.38. The van der Waals surface area contributed by atoms with E-state index in [9.17, 15) is 4.79 Å². The third kappa shape index (κ3) is 4.74. The summed E-state index contributed by atoms with van der Waals surface area (Å²) in [5, 5.41) is 5.32. The van der Waals surface area contributed by atoms with Crippen LogP contribution in [0.15, 0.2) is 36.7 Å². The van der Waals surface area contributed by atoms with Gasteiger partial charge in [0.25, 0.3) is 0 Å². The van der Waals surface area contributed by atoms with Crippen LogP contribution in [0, 0.1) is 0 Å². The molecule has 2 rings (SSSR count). The van der Waals surface area contributed by atoms with Crippen LogP contribution in [-0.4, -0.2) is 34.3 Å². The minimum absolute atomic E-state index is 0.138. The number of carbonyl (C=O) groups is 1. The summed E-state index contributed by atoms with van der Waals surface area (Å²) in [5.41, 5.74) is 0.932. The molecule has 2 aromatic rings. The lowest BCUT2D eigenvalue weighted by atomic mass is 10.2. The maximum Gasteiger partial charge on any atom is 0.319 e. The molecule has 1 heterocycles. The van der Waals surface area contributed by atoms with E-state index < -0.39 is 0 Å². The molecule has 0 aliphatic rings. The lowest BCUT2D eigenvalue weighted by Gasteiger charge is -2.21. The number of rotatable bonds is 6. The van der Waals surface area contributed by atoms with E-state index in [1.54, 1.807) is 17.1 Å². The highest BCUT2D eigenvalue weighted by Crippen LogP contribution is 2.17. The van der Waals surface area contributed by atoms with Crippen molar-refractivity contribution in [2.24, 2.45) is 0 Å². The van der Waals surface area contributed by atoms with Crippen molar-refractivity contribution in [3.05, 3.63) is 52.3 Å². The van der Waals surface area contributed by atoms with Crippen LogP contribution >= 0.6 is 23.2 Å². The highest BCUT2D eigenvalue weighted by atomic mass is 35.5. The Morgan fingerprint density at radius 3 is 2.76 bits per heavy atom. The molecule has 0 aliphatic heterocycles. The molecule has 0 aliphatic carbocycles. The fourth-order valence-corrected chi connectivity index (χ4v) is 2.24. The first-order valence-corrected chi connectivity index (χ1v) is 7.04. The standard InChI is InChI=1S/C14H15Cl2N3O2/c1-21-14(20)9-18(10-19-8-12(15)6-17-19)7-11-4-2-3-5-13(11)16/h2-6,8H,7,9-10H2,1H3. The number of benzene rings is 1. The van der Waals surface area contributed by atoms with Crippen LogP contribution in [0.2, 0.25) is 10.0 Å². The fraction of sp³-hybridized carbons (Fsp3) is 0.286. The minimum Gasteiger partial charge on any atom is -0.468 e. The predicted molar refractivity (Wildman–Crippen MR) is 81.1 cm³/mol. The van der Waals surface area contributed by atoms with E-state index in [2.05, 4.69) is 5.10 Å². The Labute approximate surface area is 133 Å². The fourth-order valence-electron chi connectivity index (χ4n) is 1.89. The molecule has 21 heavy (non-hydrogen) atoms. The number of esters is 1. The molecule has 0 bridgehead atoms. The lowest BCUT2D eigenvalue weighted by molar-refractivity contribution is -0.142. The highest BCUT2D eigenvalue weighted by Gasteiger charge is 2.14. The first kappa shape index (κ1) is 15.8. The Hall–Kier alpha value is -1.56. The SMILES string of the molecule is COC(=O)CN(Cc1ccccc1Cl)Cn1cc(Cl)cn1. The third-order valence-electron chi connectivity index (χ3n) is 2.88. The molecule has 0 saturated carbocycles. The zero-order chi connectivity index (χ0) is 15.2. The molecule has 0 unspecified atom stereocenters. The molecule has 1 aromatic carbocycles. The Kier molecular flexibility index (Phi) is 5.61. The number of carbonyl (C=O) groups excluding carboxylic acids is 1. The monoisotopic (exact) mass is 327 g/mol. The zero-order valence-electron chi connectivity index (χ0n) is 11.5. The van der Waals surface area contributed by atoms with Crippen LogP contribution in [0.3, 0.4) is 0 Å². The molecule has 5 nitrogen and oxygen atoms in total. The molecule has 0 N–H and O–H groups in total. The van der Waals surface area contributed by atoms with Crippen molar-refractivity contribution in [1.29, 1.82) is 0 Å². The van der Waals surface area contributed by atoms with Crippen molar-refractivity contribution in [2.45, 2.75) is 13.2 Å². The number of nitrogens with zero attached hydrogens (tertiary/aromatic N) is 3. The van der Waals surface area contributed by atoms with Gasteiger partial charge in [0.05, 0.1) is 31.5 Å². The lowest BCUT2D eigenvalue weighted by Crippen LogP contribution is -2.32. The number of ether oxygens (including phenoxy) is 1. The van der Waals surface area contributed by atoms with Crippen LogP contribution < -0.4 is 0 Å². The number of aromatic nitrogens is 2. The molecule has 112 valence electrons. The van der Waals surface area contributed by atoms with Gasteiger partial charge < -0.3 is 4.74 Å². The Morgan fingerprint density at radius 2 is 2.14 bits per heavy atom. The van der Waals surface area contributed by atoms with Gasteiger partial charge >= 0.3 is 5.97 Å². The molecule has 0 amide bonds. The van der Waals surface area contributed by atoms with Crippen LogP contribution in [-0.2, 0) is 22.7 Å². The zero-order valence-corrected chi connectivity index (χ0v) is 13.0. The Bertz CT molecular complexity index is 616. The highest BCUT2D eigenvalue weighted by molar-refractivity contribution is 6.31. The van der Waals surface area contributed by atoms with E-state index in [0.29, 0.717) is 23.3 Å². The van der Waals surface area contributed by atoms with Gasteiger partial charge in [-0.25, -0.2) is 0 Å². The number of hydrogen-bond acceptors (Lipinski definition) is 4. The summed E-state index contributed by atoms with van der Waals surface area (Å²) >= 11 is 12.0. The molecule has 0 spiro atoms. The van der Waals surface area contributed by atoms with Gasteiger partial charge in [-0.3, -0.25) is 14.4 Å². The molecule has 1 aromatic heterocycles. The van der Waals surface area contributed by atoms with Crippen molar-refractivity contribution in [3.8, 4) is 0 Å². The van der Waals surface area contributed by atoms with E-state index in [1.807, 2.05) is 29.2 Å². The minimum atomic E-state index is -0.319. The Balaban J connectivity index is 2.11. The van der Waals surface area contributed by atoms with Crippen molar-refractivity contribution >= 4 is 29.2 Å². The summed E-state index contributed by atoms with van der Waals surface area (Å²) in [7, 11) is 1.36. The second-order valence-corrected chi connectivity index (χ2v) is 5.34. The van der Waals surface area contributed by atoms with Crippen molar-refractivity contribution in [3.63, 3.8) is 0 Å². The molecule has 0 atom stereocenters. The van der Waals surface area contributed by atoms with Crippen LogP contribution in [0.5, 0.6) is 0 Å². The smallest absolute Gasteiger partial charge is 0.319 e. The van der Waals surface area contributed by atoms with Gasteiger partial charge in [0.15, 0.2) is 0 Å². The summed E-state index contributed by atoms with van der Waals surface area (Å²) in [6, 6.07) is 7.51. The van der Waals surface area contributed by atoms with Crippen LogP contribution in [0.4, 0.5) is 0 Å². The average Bonchev–Trinajstić information content (AvgIpc) is 2.86. The Morgan fingerprint density at radius 1 is 1.38 bits per heavy atom. The van der Waals surface area contributed by atoms with Crippen molar-refractivity contribution in [1.82, 2.24) is 14.7 Å². The predicted octanol–water partition coefficient (Wildman–Crippen LogP) is 2.82. The van der Waals surface area contributed by atoms with Gasteiger partial charge in [0.2, 0.25) is 0 Å². The second-order valence-electron chi connectivity index (χ2n) is 4.49. The molecular formula is C14H15Cl2N3O2. The number of halogens is 2. The summed E-state index contributed by atoms with van der Waals surface area (Å²) in [4.78, 5) is 13.4. The molecular weight excluding hydrogens is 313 g/mol. The average molecular weight is 328 g/mol. The number of hydrogen-bond donors (Lipinski definition) is 0. The van der Waals surface area contributed by atoms with Gasteiger partial charge in [-0.1, -0.05) is 41.4 Å².